The van der Waals surface area contributed by atoms with E-state index in [1.807, 2.05) is 6.20 Å². The van der Waals surface area contributed by atoms with Crippen LogP contribution in [0.2, 0.25) is 0 Å². The molecule has 31 heavy (non-hydrogen) atoms. The molecule has 4 atom stereocenters. The average Bonchev–Trinajstić information content (AvgIpc) is 3.34. The van der Waals surface area contributed by atoms with Crippen molar-refractivity contribution in [1.82, 2.24) is 19.5 Å². The van der Waals surface area contributed by atoms with Crippen molar-refractivity contribution in [3.05, 3.63) is 60.2 Å². The van der Waals surface area contributed by atoms with Crippen LogP contribution in [0.3, 0.4) is 0 Å². The van der Waals surface area contributed by atoms with E-state index in [0.29, 0.717) is 29.7 Å². The van der Waals surface area contributed by atoms with Crippen molar-refractivity contribution in [2.24, 2.45) is 0 Å². The van der Waals surface area contributed by atoms with Gasteiger partial charge >= 0.3 is 0 Å². The Morgan fingerprint density at radius 1 is 1.06 bits per heavy atom. The molecule has 0 radical (unpaired) electrons. The molecule has 1 fully saturated rings. The van der Waals surface area contributed by atoms with Crippen LogP contribution < -0.4 is 5.73 Å². The molecular weight excluding hydrogens is 394 g/mol. The summed E-state index contributed by atoms with van der Waals surface area (Å²) in [6.45, 7) is 2.12. The molecule has 3 aromatic heterocycles. The highest BCUT2D eigenvalue weighted by Gasteiger charge is 2.43. The van der Waals surface area contributed by atoms with E-state index in [-0.39, 0.29) is 0 Å². The maximum atomic E-state index is 10.6. The summed E-state index contributed by atoms with van der Waals surface area (Å²) < 4.78 is 7.76. The summed E-state index contributed by atoms with van der Waals surface area (Å²) in [6.07, 6.45) is 3.98. The highest BCUT2D eigenvalue weighted by atomic mass is 16.6. The van der Waals surface area contributed by atoms with Gasteiger partial charge in [0.05, 0.1) is 17.0 Å². The number of anilines is 1. The number of hydrogen-bond acceptors (Lipinski definition) is 7. The van der Waals surface area contributed by atoms with Gasteiger partial charge < -0.3 is 25.3 Å². The summed E-state index contributed by atoms with van der Waals surface area (Å²) >= 11 is 0. The quantitative estimate of drug-likeness (QED) is 0.454. The van der Waals surface area contributed by atoms with Crippen LogP contribution in [0.4, 0.5) is 5.82 Å². The highest BCUT2D eigenvalue weighted by molar-refractivity contribution is 5.86. The van der Waals surface area contributed by atoms with E-state index in [0.717, 1.165) is 22.9 Å². The molecule has 0 bridgehead atoms. The number of pyridine rings is 1. The molecule has 8 heteroatoms. The number of aryl methyl sites for hydroxylation is 2. The summed E-state index contributed by atoms with van der Waals surface area (Å²) in [7, 11) is 0. The topological polar surface area (TPSA) is 119 Å². The zero-order chi connectivity index (χ0) is 21.5. The minimum Gasteiger partial charge on any atom is -0.388 e. The summed E-state index contributed by atoms with van der Waals surface area (Å²) in [5.74, 6) is 0.365. The molecule has 0 unspecified atom stereocenters. The Morgan fingerprint density at radius 2 is 1.94 bits per heavy atom. The second-order valence-corrected chi connectivity index (χ2v) is 8.03. The molecule has 0 amide bonds. The second kappa shape index (κ2) is 7.88. The van der Waals surface area contributed by atoms with Crippen molar-refractivity contribution in [3.63, 3.8) is 0 Å². The van der Waals surface area contributed by atoms with Crippen LogP contribution in [0.5, 0.6) is 0 Å². The first-order valence-electron chi connectivity index (χ1n) is 10.5. The maximum absolute atomic E-state index is 10.6. The van der Waals surface area contributed by atoms with Crippen LogP contribution in [-0.4, -0.2) is 48.0 Å². The SMILES string of the molecule is CCc1cnc2cc(CC[C@H]3O[C@@H](n4ccc5c(N)ncnc54)[C@H](O)[C@@H]3O)ccc2c1. The largest absolute Gasteiger partial charge is 0.388 e. The molecule has 1 aromatic carbocycles. The van der Waals surface area contributed by atoms with Crippen molar-refractivity contribution in [2.75, 3.05) is 5.73 Å². The molecule has 160 valence electrons. The molecule has 1 aliphatic heterocycles. The number of nitrogens with two attached hydrogens (primary N) is 1. The Hall–Kier alpha value is -3.07. The number of aliphatic hydroxyl groups is 2. The summed E-state index contributed by atoms with van der Waals surface area (Å²) in [4.78, 5) is 12.8. The molecule has 4 aromatic rings. The highest BCUT2D eigenvalue weighted by Crippen LogP contribution is 2.34. The lowest BCUT2D eigenvalue weighted by molar-refractivity contribution is -0.0364. The van der Waals surface area contributed by atoms with Crippen LogP contribution in [0, 0.1) is 0 Å². The molecule has 1 aliphatic rings. The number of benzene rings is 1. The third-order valence-corrected chi connectivity index (χ3v) is 6.08. The minimum absolute atomic E-state index is 0.365. The number of ether oxygens (including phenoxy) is 1. The molecular formula is C23H25N5O3. The van der Waals surface area contributed by atoms with E-state index < -0.39 is 24.5 Å². The van der Waals surface area contributed by atoms with E-state index in [1.54, 1.807) is 16.8 Å². The summed E-state index contributed by atoms with van der Waals surface area (Å²) in [5, 5.41) is 23.0. The summed E-state index contributed by atoms with van der Waals surface area (Å²) in [5.41, 5.74) is 9.76. The fourth-order valence-electron chi connectivity index (χ4n) is 4.26. The van der Waals surface area contributed by atoms with Gasteiger partial charge in [-0.25, -0.2) is 9.97 Å². The third kappa shape index (κ3) is 3.52. The lowest BCUT2D eigenvalue weighted by Gasteiger charge is -2.17. The van der Waals surface area contributed by atoms with Crippen LogP contribution in [0.25, 0.3) is 21.9 Å². The molecule has 1 saturated heterocycles. The van der Waals surface area contributed by atoms with E-state index in [1.165, 1.54) is 11.9 Å². The standard InChI is InChI=1S/C23H25N5O3/c1-2-13-9-15-5-3-14(10-17(15)25-11-13)4-6-18-19(29)20(30)23(31-18)28-8-7-16-21(24)26-12-27-22(16)28/h3,5,7-12,18-20,23,29-30H,2,4,6H2,1H3,(H2,24,26,27)/t18-,19-,20-,23-/m1/s1. The van der Waals surface area contributed by atoms with Crippen molar-refractivity contribution >= 4 is 27.8 Å². The number of hydrogen-bond donors (Lipinski definition) is 3. The summed E-state index contributed by atoms with van der Waals surface area (Å²) in [6, 6.07) is 10.2. The number of fused-ring (bicyclic) bond motifs is 2. The van der Waals surface area contributed by atoms with Gasteiger partial charge in [-0.2, -0.15) is 0 Å². The van der Waals surface area contributed by atoms with Gasteiger partial charge in [0.25, 0.3) is 0 Å². The average molecular weight is 419 g/mol. The zero-order valence-corrected chi connectivity index (χ0v) is 17.2. The molecule has 0 spiro atoms. The molecule has 4 N–H and O–H groups in total. The van der Waals surface area contributed by atoms with E-state index in [4.69, 9.17) is 10.5 Å². The Bertz CT molecular complexity index is 1240. The molecule has 0 saturated carbocycles. The van der Waals surface area contributed by atoms with Gasteiger partial charge in [-0.15, -0.1) is 0 Å². The Kier molecular flexibility index (Phi) is 5.05. The Balaban J connectivity index is 1.32. The smallest absolute Gasteiger partial charge is 0.164 e. The third-order valence-electron chi connectivity index (χ3n) is 6.08. The fraction of sp³-hybridized carbons (Fsp3) is 0.348. The second-order valence-electron chi connectivity index (χ2n) is 8.03. The number of aliphatic hydroxyl groups excluding tert-OH is 2. The number of aromatic nitrogens is 4. The van der Waals surface area contributed by atoms with Crippen LogP contribution in [0.1, 0.15) is 30.7 Å². The maximum Gasteiger partial charge on any atom is 0.164 e. The van der Waals surface area contributed by atoms with Crippen molar-refractivity contribution in [1.29, 1.82) is 0 Å². The first-order valence-corrected chi connectivity index (χ1v) is 10.5. The van der Waals surface area contributed by atoms with Crippen molar-refractivity contribution in [3.8, 4) is 0 Å². The van der Waals surface area contributed by atoms with Gasteiger partial charge in [-0.3, -0.25) is 4.98 Å². The van der Waals surface area contributed by atoms with Gasteiger partial charge in [0.15, 0.2) is 6.23 Å². The first-order chi connectivity index (χ1) is 15.0. The van der Waals surface area contributed by atoms with Crippen molar-refractivity contribution in [2.45, 2.75) is 50.7 Å². The zero-order valence-electron chi connectivity index (χ0n) is 17.2. The lowest BCUT2D eigenvalue weighted by atomic mass is 10.0. The van der Waals surface area contributed by atoms with E-state index >= 15 is 0 Å². The molecule has 4 heterocycles. The lowest BCUT2D eigenvalue weighted by Crippen LogP contribution is -2.31. The number of nitrogens with zero attached hydrogens (tertiary/aromatic N) is 4. The van der Waals surface area contributed by atoms with E-state index in [9.17, 15) is 10.2 Å². The van der Waals surface area contributed by atoms with Gasteiger partial charge in [-0.05, 0) is 48.6 Å². The van der Waals surface area contributed by atoms with Crippen molar-refractivity contribution < 1.29 is 14.9 Å². The minimum atomic E-state index is -1.07. The predicted molar refractivity (Wildman–Crippen MR) is 117 cm³/mol. The van der Waals surface area contributed by atoms with Crippen LogP contribution >= 0.6 is 0 Å². The Labute approximate surface area is 179 Å². The van der Waals surface area contributed by atoms with Gasteiger partial charge in [0.2, 0.25) is 0 Å². The first kappa shape index (κ1) is 19.9. The molecule has 0 aliphatic carbocycles. The normalized spacial score (nSPS) is 23.7. The van der Waals surface area contributed by atoms with E-state index in [2.05, 4.69) is 46.1 Å². The van der Waals surface area contributed by atoms with Crippen LogP contribution in [0.15, 0.2) is 49.1 Å². The molecule has 5 rings (SSSR count). The monoisotopic (exact) mass is 419 g/mol. The van der Waals surface area contributed by atoms with Gasteiger partial charge in [-0.1, -0.05) is 19.1 Å². The number of rotatable bonds is 5. The Morgan fingerprint density at radius 3 is 2.77 bits per heavy atom. The van der Waals surface area contributed by atoms with Crippen LogP contribution in [-0.2, 0) is 17.6 Å². The molecule has 8 nitrogen and oxygen atoms in total. The fourth-order valence-corrected chi connectivity index (χ4v) is 4.26. The predicted octanol–water partition coefficient (Wildman–Crippen LogP) is 2.38. The van der Waals surface area contributed by atoms with Gasteiger partial charge in [0.1, 0.15) is 30.0 Å². The number of nitrogen functional groups attached to an aromatic ring is 1. The van der Waals surface area contributed by atoms with Gasteiger partial charge in [0, 0.05) is 17.8 Å².